The van der Waals surface area contributed by atoms with Gasteiger partial charge in [-0.3, -0.25) is 9.36 Å². The van der Waals surface area contributed by atoms with E-state index in [-0.39, 0.29) is 6.54 Å². The van der Waals surface area contributed by atoms with Gasteiger partial charge in [0.1, 0.15) is 5.82 Å². The van der Waals surface area contributed by atoms with E-state index in [1.165, 1.54) is 0 Å². The number of carbonyl (C=O) groups is 1. The summed E-state index contributed by atoms with van der Waals surface area (Å²) < 4.78 is 7.49. The Hall–Kier alpha value is -3.77. The van der Waals surface area contributed by atoms with Crippen LogP contribution in [0, 0.1) is 0 Å². The van der Waals surface area contributed by atoms with Crippen molar-refractivity contribution < 1.29 is 19.6 Å². The number of hydrogen-bond donors (Lipinski definition) is 5. The summed E-state index contributed by atoms with van der Waals surface area (Å²) in [6.45, 7) is 1.56. The molecule has 11 heteroatoms. The number of primary amides is 1. The van der Waals surface area contributed by atoms with E-state index in [9.17, 15) is 14.8 Å². The van der Waals surface area contributed by atoms with Crippen LogP contribution in [0.5, 0.6) is 0 Å². The van der Waals surface area contributed by atoms with Gasteiger partial charge in [0.25, 0.3) is 0 Å². The maximum atomic E-state index is 12.0. The average Bonchev–Trinajstić information content (AvgIpc) is 3.26. The molecule has 0 bridgehead atoms. The molecule has 0 unspecified atom stereocenters. The van der Waals surface area contributed by atoms with Crippen molar-refractivity contribution >= 4 is 35.2 Å². The molecule has 1 amide bonds. The van der Waals surface area contributed by atoms with Crippen molar-refractivity contribution in [3.63, 3.8) is 0 Å². The lowest BCUT2D eigenvalue weighted by molar-refractivity contribution is 0.100. The van der Waals surface area contributed by atoms with Gasteiger partial charge >= 0.3 is 7.12 Å². The first-order valence-corrected chi connectivity index (χ1v) is 11.3. The average molecular weight is 472 g/mol. The standard InChI is InChI=1S/C24H25BN6O4/c26-11-16-10-19-17(22(27)32)5-2-6-21(19)31(16)24-29-20-13-35-8-7-18(20)23(30-24)28-12-14-3-1-4-15(9-14)25(33)34/h1-6,9-10,33-34H,7-8,11-13,26H2,(H2,27,32)(H,28,29,30). The zero-order valence-corrected chi connectivity index (χ0v) is 18.9. The van der Waals surface area contributed by atoms with Crippen LogP contribution >= 0.6 is 0 Å². The number of benzene rings is 2. The number of nitrogens with zero attached hydrogens (tertiary/aromatic N) is 3. The molecule has 0 aliphatic carbocycles. The SMILES string of the molecule is NCc1cc2c(C(N)=O)cccc2n1-c1nc2c(c(NCc3cccc(B(O)O)c3)n1)CCOC2. The number of ether oxygens (including phenoxy) is 1. The predicted octanol–water partition coefficient (Wildman–Crippen LogP) is 0.343. The molecule has 0 saturated carbocycles. The summed E-state index contributed by atoms with van der Waals surface area (Å²) in [5, 5.41) is 23.0. The second kappa shape index (κ2) is 9.47. The Morgan fingerprint density at radius 1 is 1.17 bits per heavy atom. The van der Waals surface area contributed by atoms with E-state index < -0.39 is 13.0 Å². The third-order valence-electron chi connectivity index (χ3n) is 6.12. The van der Waals surface area contributed by atoms with Crippen LogP contribution in [0.1, 0.15) is 32.9 Å². The van der Waals surface area contributed by atoms with E-state index in [1.807, 2.05) is 22.8 Å². The van der Waals surface area contributed by atoms with Crippen molar-refractivity contribution in [1.82, 2.24) is 14.5 Å². The summed E-state index contributed by atoms with van der Waals surface area (Å²) >= 11 is 0. The fourth-order valence-corrected chi connectivity index (χ4v) is 4.43. The second-order valence-electron chi connectivity index (χ2n) is 8.35. The minimum absolute atomic E-state index is 0.211. The van der Waals surface area contributed by atoms with Crippen LogP contribution in [0.25, 0.3) is 16.9 Å². The Balaban J connectivity index is 1.59. The number of fused-ring (bicyclic) bond motifs is 2. The Kier molecular flexibility index (Phi) is 6.22. The summed E-state index contributed by atoms with van der Waals surface area (Å²) in [5.41, 5.74) is 16.6. The molecule has 10 nitrogen and oxygen atoms in total. The third kappa shape index (κ3) is 4.37. The number of anilines is 1. The lowest BCUT2D eigenvalue weighted by Gasteiger charge is -2.21. The summed E-state index contributed by atoms with van der Waals surface area (Å²) in [7, 11) is -1.53. The van der Waals surface area contributed by atoms with Gasteiger partial charge in [0.15, 0.2) is 0 Å². The van der Waals surface area contributed by atoms with Gasteiger partial charge in [-0.1, -0.05) is 30.3 Å². The van der Waals surface area contributed by atoms with Crippen molar-refractivity contribution in [3.05, 3.63) is 76.6 Å². The van der Waals surface area contributed by atoms with Gasteiger partial charge < -0.3 is 31.6 Å². The van der Waals surface area contributed by atoms with Crippen LogP contribution < -0.4 is 22.2 Å². The molecule has 0 saturated heterocycles. The van der Waals surface area contributed by atoms with Gasteiger partial charge in [-0.2, -0.15) is 4.98 Å². The third-order valence-corrected chi connectivity index (χ3v) is 6.12. The van der Waals surface area contributed by atoms with Gasteiger partial charge in [0.05, 0.1) is 24.4 Å². The van der Waals surface area contributed by atoms with Gasteiger partial charge in [-0.05, 0) is 29.2 Å². The van der Waals surface area contributed by atoms with Crippen LogP contribution in [-0.2, 0) is 30.9 Å². The first-order valence-electron chi connectivity index (χ1n) is 11.3. The first-order chi connectivity index (χ1) is 17.0. The van der Waals surface area contributed by atoms with Gasteiger partial charge in [0, 0.05) is 41.7 Å². The van der Waals surface area contributed by atoms with Gasteiger partial charge in [-0.25, -0.2) is 4.98 Å². The second-order valence-corrected chi connectivity index (χ2v) is 8.35. The number of rotatable bonds is 7. The highest BCUT2D eigenvalue weighted by molar-refractivity contribution is 6.58. The molecule has 0 atom stereocenters. The molecule has 0 spiro atoms. The Labute approximate surface area is 201 Å². The molecule has 7 N–H and O–H groups in total. The Morgan fingerprint density at radius 3 is 2.77 bits per heavy atom. The van der Waals surface area contributed by atoms with E-state index >= 15 is 0 Å². The number of carbonyl (C=O) groups excluding carboxylic acids is 1. The molecule has 2 aromatic heterocycles. The molecular formula is C24H25BN6O4. The van der Waals surface area contributed by atoms with Crippen LogP contribution in [0.4, 0.5) is 5.82 Å². The summed E-state index contributed by atoms with van der Waals surface area (Å²) in [6.07, 6.45) is 0.662. The number of aromatic nitrogens is 3. The normalized spacial score (nSPS) is 13.0. The van der Waals surface area contributed by atoms with E-state index in [0.29, 0.717) is 54.4 Å². The van der Waals surface area contributed by atoms with E-state index in [1.54, 1.807) is 30.3 Å². The summed E-state index contributed by atoms with van der Waals surface area (Å²) in [4.78, 5) is 21.6. The molecule has 2 aromatic carbocycles. The molecule has 1 aliphatic heterocycles. The molecule has 0 fully saturated rings. The highest BCUT2D eigenvalue weighted by Crippen LogP contribution is 2.29. The van der Waals surface area contributed by atoms with Gasteiger partial charge in [-0.15, -0.1) is 0 Å². The van der Waals surface area contributed by atoms with Crippen molar-refractivity contribution in [1.29, 1.82) is 0 Å². The van der Waals surface area contributed by atoms with Crippen molar-refractivity contribution in [2.45, 2.75) is 26.1 Å². The fraction of sp³-hybridized carbons (Fsp3) is 0.208. The van der Waals surface area contributed by atoms with Crippen molar-refractivity contribution in [2.75, 3.05) is 11.9 Å². The maximum Gasteiger partial charge on any atom is 0.488 e. The van der Waals surface area contributed by atoms with E-state index in [4.69, 9.17) is 26.2 Å². The quantitative estimate of drug-likeness (QED) is 0.241. The van der Waals surface area contributed by atoms with Crippen molar-refractivity contribution in [2.24, 2.45) is 11.5 Å². The minimum Gasteiger partial charge on any atom is -0.423 e. The lowest BCUT2D eigenvalue weighted by atomic mass is 9.79. The largest absolute Gasteiger partial charge is 0.488 e. The first kappa shape index (κ1) is 23.0. The molecule has 4 aromatic rings. The number of nitrogens with one attached hydrogen (secondary N) is 1. The minimum atomic E-state index is -1.53. The molecule has 1 aliphatic rings. The number of hydrogen-bond acceptors (Lipinski definition) is 8. The molecule has 35 heavy (non-hydrogen) atoms. The van der Waals surface area contributed by atoms with E-state index in [2.05, 4.69) is 5.32 Å². The van der Waals surface area contributed by atoms with Gasteiger partial charge in [0.2, 0.25) is 11.9 Å². The highest BCUT2D eigenvalue weighted by atomic mass is 16.5. The number of amides is 1. The topological polar surface area (TPSA) is 162 Å². The number of nitrogens with two attached hydrogens (primary N) is 2. The molecule has 178 valence electrons. The summed E-state index contributed by atoms with van der Waals surface area (Å²) in [6, 6.07) is 14.2. The Bertz CT molecular complexity index is 1420. The molecule has 3 heterocycles. The molecule has 5 rings (SSSR count). The zero-order valence-electron chi connectivity index (χ0n) is 18.9. The van der Waals surface area contributed by atoms with E-state index in [0.717, 1.165) is 28.0 Å². The predicted molar refractivity (Wildman–Crippen MR) is 132 cm³/mol. The van der Waals surface area contributed by atoms with Crippen LogP contribution in [0.3, 0.4) is 0 Å². The van der Waals surface area contributed by atoms with Crippen LogP contribution in [-0.4, -0.2) is 44.2 Å². The highest BCUT2D eigenvalue weighted by Gasteiger charge is 2.22. The van der Waals surface area contributed by atoms with Crippen LogP contribution in [0.2, 0.25) is 0 Å². The monoisotopic (exact) mass is 472 g/mol. The smallest absolute Gasteiger partial charge is 0.423 e. The molecule has 0 radical (unpaired) electrons. The Morgan fingerprint density at radius 2 is 2.00 bits per heavy atom. The molecular weight excluding hydrogens is 447 g/mol. The summed E-state index contributed by atoms with van der Waals surface area (Å²) in [5.74, 6) is 0.557. The van der Waals surface area contributed by atoms with Crippen LogP contribution in [0.15, 0.2) is 48.5 Å². The lowest BCUT2D eigenvalue weighted by Crippen LogP contribution is -2.30. The zero-order chi connectivity index (χ0) is 24.5. The fourth-order valence-electron chi connectivity index (χ4n) is 4.43. The maximum absolute atomic E-state index is 12.0. The van der Waals surface area contributed by atoms with Crippen molar-refractivity contribution in [3.8, 4) is 5.95 Å².